The van der Waals surface area contributed by atoms with Crippen LogP contribution in [0.15, 0.2) is 78.9 Å². The number of hydrogen-bond donors (Lipinski definition) is 2. The summed E-state index contributed by atoms with van der Waals surface area (Å²) in [6.45, 7) is 0.538. The van der Waals surface area contributed by atoms with Gasteiger partial charge in [0.25, 0.3) is 6.47 Å². The second kappa shape index (κ2) is 8.01. The Morgan fingerprint density at radius 2 is 1.64 bits per heavy atom. The topological polar surface area (TPSA) is 68.1 Å². The lowest BCUT2D eigenvalue weighted by Gasteiger charge is -2.16. The molecule has 3 N–H and O–H groups in total. The van der Waals surface area contributed by atoms with Gasteiger partial charge in [-0.15, -0.1) is 0 Å². The Balaban J connectivity index is 1.75. The fourth-order valence-electron chi connectivity index (χ4n) is 3.70. The standard InChI is InChI=1S/C24H22N2O2/c25-19-11-12-22-21(14-19)24(18-9-5-2-6-10-18)23(26-22)15-20(28-16-27)13-17-7-3-1-4-8-17/h1-12,14,16,20,26H,13,15,25H2. The molecule has 0 aliphatic rings. The van der Waals surface area contributed by atoms with Crippen LogP contribution in [0.25, 0.3) is 22.0 Å². The normalized spacial score (nSPS) is 12.0. The zero-order chi connectivity index (χ0) is 19.3. The van der Waals surface area contributed by atoms with Crippen LogP contribution in [-0.2, 0) is 22.4 Å². The summed E-state index contributed by atoms with van der Waals surface area (Å²) in [5.41, 5.74) is 12.2. The molecule has 4 heteroatoms. The number of aromatic nitrogens is 1. The molecule has 3 aromatic carbocycles. The molecule has 28 heavy (non-hydrogen) atoms. The Labute approximate surface area is 164 Å². The summed E-state index contributed by atoms with van der Waals surface area (Å²) in [5.74, 6) is 0. The highest BCUT2D eigenvalue weighted by atomic mass is 16.5. The molecule has 1 unspecified atom stereocenters. The minimum absolute atomic E-state index is 0.257. The van der Waals surface area contributed by atoms with Gasteiger partial charge in [-0.2, -0.15) is 0 Å². The summed E-state index contributed by atoms with van der Waals surface area (Å²) in [4.78, 5) is 14.6. The van der Waals surface area contributed by atoms with Crippen molar-refractivity contribution in [1.82, 2.24) is 4.98 Å². The lowest BCUT2D eigenvalue weighted by atomic mass is 9.97. The SMILES string of the molecule is Nc1ccc2[nH]c(CC(Cc3ccccc3)OC=O)c(-c3ccccc3)c2c1. The smallest absolute Gasteiger partial charge is 0.293 e. The van der Waals surface area contributed by atoms with E-state index in [9.17, 15) is 4.79 Å². The number of rotatable bonds is 7. The number of benzene rings is 3. The van der Waals surface area contributed by atoms with Gasteiger partial charge in [-0.1, -0.05) is 60.7 Å². The lowest BCUT2D eigenvalue weighted by Crippen LogP contribution is -2.19. The molecular formula is C24H22N2O2. The zero-order valence-corrected chi connectivity index (χ0v) is 15.5. The van der Waals surface area contributed by atoms with Gasteiger partial charge in [0.1, 0.15) is 6.10 Å². The number of carbonyl (C=O) groups excluding carboxylic acids is 1. The van der Waals surface area contributed by atoms with Crippen LogP contribution in [0.4, 0.5) is 5.69 Å². The molecular weight excluding hydrogens is 348 g/mol. The van der Waals surface area contributed by atoms with Crippen molar-refractivity contribution < 1.29 is 9.53 Å². The van der Waals surface area contributed by atoms with Crippen LogP contribution in [0.5, 0.6) is 0 Å². The van der Waals surface area contributed by atoms with Gasteiger partial charge in [0.15, 0.2) is 0 Å². The van der Waals surface area contributed by atoms with Crippen LogP contribution >= 0.6 is 0 Å². The number of nitrogens with two attached hydrogens (primary N) is 1. The molecule has 4 aromatic rings. The molecule has 0 radical (unpaired) electrons. The first-order valence-corrected chi connectivity index (χ1v) is 9.33. The van der Waals surface area contributed by atoms with E-state index in [0.717, 1.165) is 39.0 Å². The first kappa shape index (κ1) is 17.9. The van der Waals surface area contributed by atoms with Gasteiger partial charge in [0.05, 0.1) is 0 Å². The average molecular weight is 370 g/mol. The van der Waals surface area contributed by atoms with Gasteiger partial charge < -0.3 is 15.5 Å². The Kier molecular flexibility index (Phi) is 5.11. The molecule has 4 rings (SSSR count). The number of anilines is 1. The highest BCUT2D eigenvalue weighted by Gasteiger charge is 2.19. The molecule has 4 nitrogen and oxygen atoms in total. The van der Waals surface area contributed by atoms with Gasteiger partial charge in [-0.3, -0.25) is 4.79 Å². The third kappa shape index (κ3) is 3.76. The minimum atomic E-state index is -0.257. The first-order chi connectivity index (χ1) is 13.7. The van der Waals surface area contributed by atoms with Gasteiger partial charge in [-0.25, -0.2) is 0 Å². The zero-order valence-electron chi connectivity index (χ0n) is 15.5. The van der Waals surface area contributed by atoms with E-state index in [1.165, 1.54) is 0 Å². The fourth-order valence-corrected chi connectivity index (χ4v) is 3.70. The number of hydrogen-bond acceptors (Lipinski definition) is 3. The molecule has 0 fully saturated rings. The summed E-state index contributed by atoms with van der Waals surface area (Å²) >= 11 is 0. The van der Waals surface area contributed by atoms with E-state index in [1.54, 1.807) is 0 Å². The van der Waals surface area contributed by atoms with E-state index in [1.807, 2.05) is 66.7 Å². The summed E-state index contributed by atoms with van der Waals surface area (Å²) in [7, 11) is 0. The van der Waals surface area contributed by atoms with E-state index in [-0.39, 0.29) is 6.10 Å². The molecule has 1 aromatic heterocycles. The van der Waals surface area contributed by atoms with Crippen LogP contribution < -0.4 is 5.73 Å². The van der Waals surface area contributed by atoms with Gasteiger partial charge >= 0.3 is 0 Å². The van der Waals surface area contributed by atoms with Crippen molar-refractivity contribution in [2.75, 3.05) is 5.73 Å². The number of nitrogens with one attached hydrogen (secondary N) is 1. The average Bonchev–Trinajstić information content (AvgIpc) is 3.06. The number of H-pyrrole nitrogens is 1. The summed E-state index contributed by atoms with van der Waals surface area (Å²) < 4.78 is 5.44. The molecule has 0 amide bonds. The molecule has 1 heterocycles. The highest BCUT2D eigenvalue weighted by Crippen LogP contribution is 2.34. The summed E-state index contributed by atoms with van der Waals surface area (Å²) in [5, 5.41) is 1.07. The Hall–Kier alpha value is -3.53. The largest absolute Gasteiger partial charge is 0.464 e. The predicted molar refractivity (Wildman–Crippen MR) is 113 cm³/mol. The minimum Gasteiger partial charge on any atom is -0.464 e. The van der Waals surface area contributed by atoms with Gasteiger partial charge in [0.2, 0.25) is 0 Å². The van der Waals surface area contributed by atoms with E-state index in [0.29, 0.717) is 19.3 Å². The summed E-state index contributed by atoms with van der Waals surface area (Å²) in [6.07, 6.45) is 0.991. The van der Waals surface area contributed by atoms with Crippen molar-refractivity contribution >= 4 is 23.1 Å². The molecule has 0 aliphatic heterocycles. The fraction of sp³-hybridized carbons (Fsp3) is 0.125. The van der Waals surface area contributed by atoms with E-state index in [4.69, 9.17) is 10.5 Å². The molecule has 1 atom stereocenters. The number of fused-ring (bicyclic) bond motifs is 1. The second-order valence-corrected chi connectivity index (χ2v) is 6.90. The maximum atomic E-state index is 11.1. The Morgan fingerprint density at radius 3 is 2.36 bits per heavy atom. The van der Waals surface area contributed by atoms with Crippen molar-refractivity contribution in [3.63, 3.8) is 0 Å². The van der Waals surface area contributed by atoms with E-state index >= 15 is 0 Å². The molecule has 0 spiro atoms. The van der Waals surface area contributed by atoms with Crippen LogP contribution in [0.3, 0.4) is 0 Å². The quantitative estimate of drug-likeness (QED) is 0.365. The Bertz CT molecular complexity index is 1070. The van der Waals surface area contributed by atoms with Crippen LogP contribution in [0, 0.1) is 0 Å². The van der Waals surface area contributed by atoms with Crippen LogP contribution in [-0.4, -0.2) is 17.6 Å². The third-order valence-electron chi connectivity index (χ3n) is 4.95. The monoisotopic (exact) mass is 370 g/mol. The number of nitrogen functional groups attached to an aromatic ring is 1. The molecule has 0 saturated heterocycles. The first-order valence-electron chi connectivity index (χ1n) is 9.33. The van der Waals surface area contributed by atoms with Crippen molar-refractivity contribution in [3.8, 4) is 11.1 Å². The molecule has 0 saturated carbocycles. The molecule has 0 aliphatic carbocycles. The van der Waals surface area contributed by atoms with Gasteiger partial charge in [-0.05, 0) is 29.3 Å². The predicted octanol–water partition coefficient (Wildman–Crippen LogP) is 4.74. The highest BCUT2D eigenvalue weighted by molar-refractivity contribution is 5.99. The van der Waals surface area contributed by atoms with Gasteiger partial charge in [0, 0.05) is 40.7 Å². The third-order valence-corrected chi connectivity index (χ3v) is 4.95. The van der Waals surface area contributed by atoms with Crippen LogP contribution in [0.1, 0.15) is 11.3 Å². The number of carbonyl (C=O) groups is 1. The van der Waals surface area contributed by atoms with E-state index < -0.39 is 0 Å². The maximum Gasteiger partial charge on any atom is 0.293 e. The van der Waals surface area contributed by atoms with Crippen molar-refractivity contribution in [2.45, 2.75) is 18.9 Å². The number of aromatic amines is 1. The van der Waals surface area contributed by atoms with Crippen molar-refractivity contribution in [2.24, 2.45) is 0 Å². The van der Waals surface area contributed by atoms with Crippen molar-refractivity contribution in [1.29, 1.82) is 0 Å². The molecule has 0 bridgehead atoms. The molecule has 140 valence electrons. The summed E-state index contributed by atoms with van der Waals surface area (Å²) in [6, 6.07) is 26.2. The second-order valence-electron chi connectivity index (χ2n) is 6.90. The lowest BCUT2D eigenvalue weighted by molar-refractivity contribution is -0.133. The number of ether oxygens (including phenoxy) is 1. The van der Waals surface area contributed by atoms with E-state index in [2.05, 4.69) is 17.1 Å². The maximum absolute atomic E-state index is 11.1. The van der Waals surface area contributed by atoms with Crippen LogP contribution in [0.2, 0.25) is 0 Å². The van der Waals surface area contributed by atoms with Crippen molar-refractivity contribution in [3.05, 3.63) is 90.1 Å². The Morgan fingerprint density at radius 1 is 0.929 bits per heavy atom.